The number of hydrogen-bond acceptors (Lipinski definition) is 3. The zero-order chi connectivity index (χ0) is 14.5. The van der Waals surface area contributed by atoms with Crippen molar-refractivity contribution in [2.45, 2.75) is 26.1 Å². The van der Waals surface area contributed by atoms with E-state index in [4.69, 9.17) is 11.6 Å². The molecule has 0 bridgehead atoms. The number of halogens is 1. The molecule has 1 unspecified atom stereocenters. The molecular weight excluding hydrogens is 288 g/mol. The summed E-state index contributed by atoms with van der Waals surface area (Å²) < 4.78 is 0. The van der Waals surface area contributed by atoms with Gasteiger partial charge in [0.05, 0.1) is 0 Å². The van der Waals surface area contributed by atoms with Crippen molar-refractivity contribution in [3.05, 3.63) is 56.7 Å². The maximum absolute atomic E-state index is 6.07. The Labute approximate surface area is 130 Å². The molecule has 0 amide bonds. The SMILES string of the molecule is CNCc1ccc(CN(C)C(C)c2cccc(Cl)c2)s1. The van der Waals surface area contributed by atoms with Gasteiger partial charge >= 0.3 is 0 Å². The summed E-state index contributed by atoms with van der Waals surface area (Å²) in [6.07, 6.45) is 0. The quantitative estimate of drug-likeness (QED) is 0.855. The van der Waals surface area contributed by atoms with Crippen LogP contribution in [-0.2, 0) is 13.1 Å². The molecule has 0 aliphatic carbocycles. The van der Waals surface area contributed by atoms with E-state index in [9.17, 15) is 0 Å². The topological polar surface area (TPSA) is 15.3 Å². The first kappa shape index (κ1) is 15.5. The molecule has 1 aromatic heterocycles. The Morgan fingerprint density at radius 1 is 1.25 bits per heavy atom. The molecule has 0 spiro atoms. The fourth-order valence-corrected chi connectivity index (χ4v) is 3.47. The van der Waals surface area contributed by atoms with E-state index < -0.39 is 0 Å². The second-order valence-electron chi connectivity index (χ2n) is 5.04. The zero-order valence-electron chi connectivity index (χ0n) is 12.2. The predicted molar refractivity (Wildman–Crippen MR) is 88.4 cm³/mol. The Bertz CT molecular complexity index is 553. The molecule has 0 saturated heterocycles. The van der Waals surface area contributed by atoms with Crippen LogP contribution < -0.4 is 5.32 Å². The Hall–Kier alpha value is -0.870. The lowest BCUT2D eigenvalue weighted by Gasteiger charge is -2.24. The van der Waals surface area contributed by atoms with Crippen LogP contribution in [0.3, 0.4) is 0 Å². The van der Waals surface area contributed by atoms with Crippen molar-refractivity contribution in [3.63, 3.8) is 0 Å². The van der Waals surface area contributed by atoms with Crippen LogP contribution in [0.15, 0.2) is 36.4 Å². The van der Waals surface area contributed by atoms with E-state index >= 15 is 0 Å². The molecule has 0 radical (unpaired) electrons. The summed E-state index contributed by atoms with van der Waals surface area (Å²) in [5.74, 6) is 0. The maximum Gasteiger partial charge on any atom is 0.0409 e. The Morgan fingerprint density at radius 2 is 2.00 bits per heavy atom. The maximum atomic E-state index is 6.07. The molecule has 1 N–H and O–H groups in total. The molecule has 20 heavy (non-hydrogen) atoms. The van der Waals surface area contributed by atoms with Crippen molar-refractivity contribution >= 4 is 22.9 Å². The highest BCUT2D eigenvalue weighted by Gasteiger charge is 2.13. The molecule has 0 saturated carbocycles. The third-order valence-electron chi connectivity index (χ3n) is 3.47. The molecule has 4 heteroatoms. The van der Waals surface area contributed by atoms with Crippen molar-refractivity contribution in [3.8, 4) is 0 Å². The molecule has 2 rings (SSSR count). The smallest absolute Gasteiger partial charge is 0.0409 e. The minimum atomic E-state index is 0.351. The standard InChI is InChI=1S/C16H21ClN2S/c1-12(13-5-4-6-14(17)9-13)19(3)11-16-8-7-15(20-16)10-18-2/h4-9,12,18H,10-11H2,1-3H3. The third-order valence-corrected chi connectivity index (χ3v) is 4.77. The van der Waals surface area contributed by atoms with Gasteiger partial charge in [0.15, 0.2) is 0 Å². The van der Waals surface area contributed by atoms with Gasteiger partial charge in [-0.3, -0.25) is 4.90 Å². The molecule has 2 aromatic rings. The second-order valence-corrected chi connectivity index (χ2v) is 6.73. The van der Waals surface area contributed by atoms with E-state index in [0.29, 0.717) is 6.04 Å². The number of nitrogens with zero attached hydrogens (tertiary/aromatic N) is 1. The van der Waals surface area contributed by atoms with Gasteiger partial charge in [-0.2, -0.15) is 0 Å². The predicted octanol–water partition coefficient (Wildman–Crippen LogP) is 4.31. The lowest BCUT2D eigenvalue weighted by molar-refractivity contribution is 0.255. The minimum Gasteiger partial charge on any atom is -0.315 e. The van der Waals surface area contributed by atoms with E-state index in [1.807, 2.05) is 36.6 Å². The van der Waals surface area contributed by atoms with Crippen LogP contribution in [0.1, 0.15) is 28.3 Å². The summed E-state index contributed by atoms with van der Waals surface area (Å²) in [5, 5.41) is 3.99. The number of rotatable bonds is 6. The van der Waals surface area contributed by atoms with E-state index in [1.54, 1.807) is 0 Å². The van der Waals surface area contributed by atoms with Crippen molar-refractivity contribution in [1.29, 1.82) is 0 Å². The van der Waals surface area contributed by atoms with Crippen molar-refractivity contribution in [2.75, 3.05) is 14.1 Å². The monoisotopic (exact) mass is 308 g/mol. The van der Waals surface area contributed by atoms with Crippen molar-refractivity contribution in [2.24, 2.45) is 0 Å². The lowest BCUT2D eigenvalue weighted by Crippen LogP contribution is -2.21. The third kappa shape index (κ3) is 4.06. The minimum absolute atomic E-state index is 0.351. The fourth-order valence-electron chi connectivity index (χ4n) is 2.18. The van der Waals surface area contributed by atoms with Gasteiger partial charge in [0.1, 0.15) is 0 Å². The van der Waals surface area contributed by atoms with E-state index in [-0.39, 0.29) is 0 Å². The molecule has 2 nitrogen and oxygen atoms in total. The average Bonchev–Trinajstić information content (AvgIpc) is 2.85. The summed E-state index contributed by atoms with van der Waals surface area (Å²) in [5.41, 5.74) is 1.26. The largest absolute Gasteiger partial charge is 0.315 e. The van der Waals surface area contributed by atoms with Crippen LogP contribution in [-0.4, -0.2) is 19.0 Å². The molecule has 0 aliphatic rings. The van der Waals surface area contributed by atoms with Crippen molar-refractivity contribution in [1.82, 2.24) is 10.2 Å². The Morgan fingerprint density at radius 3 is 2.70 bits per heavy atom. The first-order valence-corrected chi connectivity index (χ1v) is 7.97. The lowest BCUT2D eigenvalue weighted by atomic mass is 10.1. The number of hydrogen-bond donors (Lipinski definition) is 1. The number of nitrogens with one attached hydrogen (secondary N) is 1. The van der Waals surface area contributed by atoms with Crippen molar-refractivity contribution < 1.29 is 0 Å². The van der Waals surface area contributed by atoms with Gasteiger partial charge < -0.3 is 5.32 Å². The Balaban J connectivity index is 2.01. The van der Waals surface area contributed by atoms with Gasteiger partial charge in [-0.05, 0) is 50.8 Å². The van der Waals surface area contributed by atoms with E-state index in [2.05, 4.69) is 42.4 Å². The number of benzene rings is 1. The van der Waals surface area contributed by atoms with Gasteiger partial charge in [-0.15, -0.1) is 11.3 Å². The summed E-state index contributed by atoms with van der Waals surface area (Å²) in [7, 11) is 4.13. The van der Waals surface area contributed by atoms with Crippen LogP contribution in [0.4, 0.5) is 0 Å². The van der Waals surface area contributed by atoms with Gasteiger partial charge in [0.25, 0.3) is 0 Å². The average molecular weight is 309 g/mol. The highest BCUT2D eigenvalue weighted by Crippen LogP contribution is 2.25. The van der Waals surface area contributed by atoms with Gasteiger partial charge in [-0.1, -0.05) is 23.7 Å². The summed E-state index contributed by atoms with van der Waals surface area (Å²) in [6, 6.07) is 12.9. The zero-order valence-corrected chi connectivity index (χ0v) is 13.8. The number of thiophene rings is 1. The van der Waals surface area contributed by atoms with E-state index in [0.717, 1.165) is 18.1 Å². The molecule has 1 aromatic carbocycles. The molecule has 0 fully saturated rings. The molecular formula is C16H21ClN2S. The van der Waals surface area contributed by atoms with Crippen LogP contribution in [0.25, 0.3) is 0 Å². The molecule has 108 valence electrons. The van der Waals surface area contributed by atoms with Crippen LogP contribution in [0.2, 0.25) is 5.02 Å². The fraction of sp³-hybridized carbons (Fsp3) is 0.375. The second kappa shape index (κ2) is 7.23. The summed E-state index contributed by atoms with van der Waals surface area (Å²) >= 11 is 7.94. The first-order chi connectivity index (χ1) is 9.60. The van der Waals surface area contributed by atoms with Gasteiger partial charge in [-0.25, -0.2) is 0 Å². The molecule has 1 atom stereocenters. The normalized spacial score (nSPS) is 12.8. The van der Waals surface area contributed by atoms with E-state index in [1.165, 1.54) is 15.3 Å². The molecule has 0 aliphatic heterocycles. The Kier molecular flexibility index (Phi) is 5.61. The first-order valence-electron chi connectivity index (χ1n) is 6.78. The van der Waals surface area contributed by atoms with Gasteiger partial charge in [0.2, 0.25) is 0 Å². The summed E-state index contributed by atoms with van der Waals surface area (Å²) in [6.45, 7) is 4.12. The van der Waals surface area contributed by atoms with Crippen LogP contribution in [0, 0.1) is 0 Å². The highest BCUT2D eigenvalue weighted by atomic mass is 35.5. The molecule has 1 heterocycles. The summed E-state index contributed by atoms with van der Waals surface area (Å²) in [4.78, 5) is 5.12. The van der Waals surface area contributed by atoms with Crippen LogP contribution >= 0.6 is 22.9 Å². The highest BCUT2D eigenvalue weighted by molar-refractivity contribution is 7.11. The van der Waals surface area contributed by atoms with Crippen LogP contribution in [0.5, 0.6) is 0 Å². The van der Waals surface area contributed by atoms with Gasteiger partial charge in [0, 0.05) is 33.9 Å².